The molecule has 0 spiro atoms. The van der Waals surface area contributed by atoms with E-state index >= 15 is 0 Å². The predicted molar refractivity (Wildman–Crippen MR) is 99.4 cm³/mol. The van der Waals surface area contributed by atoms with Gasteiger partial charge in [-0.1, -0.05) is 30.3 Å². The minimum atomic E-state index is -4.44. The molecule has 0 fully saturated rings. The molecule has 0 atom stereocenters. The van der Waals surface area contributed by atoms with Gasteiger partial charge in [-0.05, 0) is 23.8 Å². The second-order valence-corrected chi connectivity index (χ2v) is 6.35. The van der Waals surface area contributed by atoms with Crippen LogP contribution in [-0.4, -0.2) is 7.11 Å². The Morgan fingerprint density at radius 1 is 0.929 bits per heavy atom. The number of pyridine rings is 2. The fraction of sp³-hybridized carbons (Fsp3) is 0.136. The first-order valence-electron chi connectivity index (χ1n) is 8.66. The average Bonchev–Trinajstić information content (AvgIpc) is 2.69. The van der Waals surface area contributed by atoms with Gasteiger partial charge in [0.15, 0.2) is 17.7 Å². The Kier molecular flexibility index (Phi) is 4.55. The summed E-state index contributed by atoms with van der Waals surface area (Å²) >= 11 is 0. The smallest absolute Gasteiger partial charge is 0.477 e. The lowest BCUT2D eigenvalue weighted by atomic mass is 10.1. The maximum atomic E-state index is 13.3. The molecule has 2 aromatic carbocycles. The van der Waals surface area contributed by atoms with Crippen molar-refractivity contribution in [3.05, 3.63) is 84.2 Å². The molecule has 0 aliphatic rings. The van der Waals surface area contributed by atoms with Crippen LogP contribution < -0.4 is 13.9 Å². The van der Waals surface area contributed by atoms with Crippen LogP contribution in [0.5, 0.6) is 11.5 Å². The monoisotopic (exact) mass is 384 g/mol. The van der Waals surface area contributed by atoms with Crippen molar-refractivity contribution in [2.75, 3.05) is 7.11 Å². The highest BCUT2D eigenvalue weighted by Crippen LogP contribution is 2.36. The molecule has 0 saturated carbocycles. The van der Waals surface area contributed by atoms with E-state index in [0.717, 1.165) is 16.0 Å². The highest BCUT2D eigenvalue weighted by molar-refractivity contribution is 5.91. The largest absolute Gasteiger partial charge is 0.492 e. The molecule has 3 nitrogen and oxygen atoms in total. The highest BCUT2D eigenvalue weighted by Gasteiger charge is 2.40. The first kappa shape index (κ1) is 18.1. The summed E-state index contributed by atoms with van der Waals surface area (Å²) in [6.07, 6.45) is -2.97. The standard InChI is InChI=1S/C22H17F3NO2/c1-27-21-18-12-17-8-5-9-20(22(23,24)25)26(17)13-16(18)10-11-19(21)28-14-15-6-3-2-4-7-15/h2-13H,14H2,1H3/q+1. The van der Waals surface area contributed by atoms with Crippen molar-refractivity contribution >= 4 is 16.3 Å². The van der Waals surface area contributed by atoms with Gasteiger partial charge in [0.1, 0.15) is 6.61 Å². The number of methoxy groups -OCH3 is 1. The fourth-order valence-corrected chi connectivity index (χ4v) is 3.23. The van der Waals surface area contributed by atoms with Gasteiger partial charge in [0.2, 0.25) is 5.52 Å². The molecule has 0 saturated heterocycles. The molecule has 2 heterocycles. The normalized spacial score (nSPS) is 11.7. The van der Waals surface area contributed by atoms with E-state index in [-0.39, 0.29) is 0 Å². The minimum absolute atomic E-state index is 0.364. The van der Waals surface area contributed by atoms with Crippen molar-refractivity contribution in [1.82, 2.24) is 0 Å². The number of fused-ring (bicyclic) bond motifs is 2. The number of hydrogen-bond acceptors (Lipinski definition) is 2. The number of alkyl halides is 3. The van der Waals surface area contributed by atoms with E-state index in [9.17, 15) is 13.2 Å². The summed E-state index contributed by atoms with van der Waals surface area (Å²) in [6, 6.07) is 18.9. The summed E-state index contributed by atoms with van der Waals surface area (Å²) in [4.78, 5) is 0. The Labute approximate surface area is 159 Å². The van der Waals surface area contributed by atoms with Gasteiger partial charge in [-0.25, -0.2) is 0 Å². The Balaban J connectivity index is 1.81. The average molecular weight is 384 g/mol. The van der Waals surface area contributed by atoms with Crippen molar-refractivity contribution in [3.8, 4) is 11.5 Å². The van der Waals surface area contributed by atoms with E-state index in [1.165, 1.54) is 19.4 Å². The van der Waals surface area contributed by atoms with Crippen LogP contribution in [0.3, 0.4) is 0 Å². The zero-order valence-corrected chi connectivity index (χ0v) is 15.0. The molecule has 0 radical (unpaired) electrons. The van der Waals surface area contributed by atoms with Gasteiger partial charge >= 0.3 is 6.18 Å². The number of nitrogens with zero attached hydrogens (tertiary/aromatic N) is 1. The molecule has 2 aromatic heterocycles. The number of benzene rings is 2. The third-order valence-corrected chi connectivity index (χ3v) is 4.54. The lowest BCUT2D eigenvalue weighted by molar-refractivity contribution is -0.541. The molecule has 28 heavy (non-hydrogen) atoms. The Hall–Kier alpha value is -3.28. The zero-order chi connectivity index (χ0) is 19.7. The van der Waals surface area contributed by atoms with Crippen molar-refractivity contribution in [3.63, 3.8) is 0 Å². The number of ether oxygens (including phenoxy) is 2. The van der Waals surface area contributed by atoms with Crippen LogP contribution in [0.4, 0.5) is 13.2 Å². The van der Waals surface area contributed by atoms with E-state index in [1.807, 2.05) is 30.3 Å². The molecule has 0 aliphatic heterocycles. The van der Waals surface area contributed by atoms with Gasteiger partial charge in [-0.15, -0.1) is 0 Å². The SMILES string of the molecule is COc1c(OCc2ccccc2)ccc2c[n+]3c(C(F)(F)F)cccc3cc12. The third-order valence-electron chi connectivity index (χ3n) is 4.54. The molecule has 0 unspecified atom stereocenters. The van der Waals surface area contributed by atoms with Crippen LogP contribution in [-0.2, 0) is 12.8 Å². The molecule has 4 rings (SSSR count). The summed E-state index contributed by atoms with van der Waals surface area (Å²) in [7, 11) is 1.52. The molecule has 0 bridgehead atoms. The van der Waals surface area contributed by atoms with Crippen molar-refractivity contribution < 1.29 is 27.0 Å². The molecular weight excluding hydrogens is 367 g/mol. The Morgan fingerprint density at radius 2 is 1.71 bits per heavy atom. The number of aromatic nitrogens is 1. The maximum Gasteiger partial charge on any atom is 0.477 e. The zero-order valence-electron chi connectivity index (χ0n) is 15.0. The quantitative estimate of drug-likeness (QED) is 0.357. The van der Waals surface area contributed by atoms with E-state index < -0.39 is 11.9 Å². The van der Waals surface area contributed by atoms with Crippen LogP contribution in [0.25, 0.3) is 16.3 Å². The minimum Gasteiger partial charge on any atom is -0.492 e. The summed E-state index contributed by atoms with van der Waals surface area (Å²) in [5.74, 6) is 1.03. The maximum absolute atomic E-state index is 13.3. The van der Waals surface area contributed by atoms with E-state index in [0.29, 0.717) is 34.4 Å². The molecule has 0 N–H and O–H groups in total. The van der Waals surface area contributed by atoms with E-state index in [1.54, 1.807) is 24.3 Å². The second kappa shape index (κ2) is 7.03. The lowest BCUT2D eigenvalue weighted by Gasteiger charge is -2.13. The predicted octanol–water partition coefficient (Wildman–Crippen LogP) is 5.18. The van der Waals surface area contributed by atoms with Crippen LogP contribution in [0.15, 0.2) is 72.9 Å². The Bertz CT molecular complexity index is 1140. The molecule has 0 amide bonds. The van der Waals surface area contributed by atoms with Crippen LogP contribution in [0.1, 0.15) is 11.3 Å². The topological polar surface area (TPSA) is 22.6 Å². The summed E-state index contributed by atoms with van der Waals surface area (Å²) in [5, 5.41) is 1.31. The van der Waals surface area contributed by atoms with Crippen molar-refractivity contribution in [1.29, 1.82) is 0 Å². The molecular formula is C22H17F3NO2+. The van der Waals surface area contributed by atoms with Gasteiger partial charge in [0.25, 0.3) is 5.69 Å². The summed E-state index contributed by atoms with van der Waals surface area (Å²) in [5.41, 5.74) is 0.699. The Morgan fingerprint density at radius 3 is 2.43 bits per heavy atom. The molecule has 142 valence electrons. The van der Waals surface area contributed by atoms with Crippen molar-refractivity contribution in [2.45, 2.75) is 12.8 Å². The molecule has 0 aliphatic carbocycles. The van der Waals surface area contributed by atoms with Crippen molar-refractivity contribution in [2.24, 2.45) is 0 Å². The van der Waals surface area contributed by atoms with E-state index in [2.05, 4.69) is 0 Å². The lowest BCUT2D eigenvalue weighted by Crippen LogP contribution is -2.32. The highest BCUT2D eigenvalue weighted by atomic mass is 19.4. The van der Waals surface area contributed by atoms with Gasteiger partial charge in [-0.2, -0.15) is 17.6 Å². The van der Waals surface area contributed by atoms with Gasteiger partial charge in [-0.3, -0.25) is 0 Å². The van der Waals surface area contributed by atoms with Gasteiger partial charge < -0.3 is 9.47 Å². The molecule has 6 heteroatoms. The molecule has 4 aromatic rings. The first-order chi connectivity index (χ1) is 13.5. The first-order valence-corrected chi connectivity index (χ1v) is 8.66. The summed E-state index contributed by atoms with van der Waals surface area (Å²) in [6.45, 7) is 0.364. The van der Waals surface area contributed by atoms with E-state index in [4.69, 9.17) is 9.47 Å². The third kappa shape index (κ3) is 3.33. The number of hydrogen-bond donors (Lipinski definition) is 0. The number of rotatable bonds is 4. The van der Waals surface area contributed by atoms with Crippen LogP contribution in [0.2, 0.25) is 0 Å². The second-order valence-electron chi connectivity index (χ2n) is 6.35. The fourth-order valence-electron chi connectivity index (χ4n) is 3.23. The van der Waals surface area contributed by atoms with Gasteiger partial charge in [0, 0.05) is 23.6 Å². The van der Waals surface area contributed by atoms with Crippen LogP contribution >= 0.6 is 0 Å². The van der Waals surface area contributed by atoms with Gasteiger partial charge in [0.05, 0.1) is 12.5 Å². The number of halogens is 3. The van der Waals surface area contributed by atoms with Crippen LogP contribution in [0, 0.1) is 0 Å². The summed E-state index contributed by atoms with van der Waals surface area (Å²) < 4.78 is 52.6.